The van der Waals surface area contributed by atoms with E-state index in [0.717, 1.165) is 17.1 Å². The normalized spacial score (nSPS) is 10.7. The predicted molar refractivity (Wildman–Crippen MR) is 101 cm³/mol. The lowest BCUT2D eigenvalue weighted by molar-refractivity contribution is 0.0467. The molecule has 4 rings (SSSR count). The molecule has 0 fully saturated rings. The second-order valence-electron chi connectivity index (χ2n) is 6.09. The Balaban J connectivity index is 1.40. The zero-order valence-corrected chi connectivity index (χ0v) is 14.8. The molecule has 0 aliphatic heterocycles. The van der Waals surface area contributed by atoms with Crippen LogP contribution in [-0.2, 0) is 11.3 Å². The molecule has 134 valence electrons. The summed E-state index contributed by atoms with van der Waals surface area (Å²) >= 11 is 0. The first-order chi connectivity index (χ1) is 13.2. The van der Waals surface area contributed by atoms with E-state index in [4.69, 9.17) is 4.74 Å². The van der Waals surface area contributed by atoms with Gasteiger partial charge in [0.05, 0.1) is 16.9 Å². The summed E-state index contributed by atoms with van der Waals surface area (Å²) < 4.78 is 8.95. The summed E-state index contributed by atoms with van der Waals surface area (Å²) in [5, 5.41) is 8.69. The number of carbonyl (C=O) groups excluding carboxylic acids is 1. The minimum absolute atomic E-state index is 0.124. The van der Waals surface area contributed by atoms with Gasteiger partial charge in [0.2, 0.25) is 0 Å². The number of carbonyl (C=O) groups is 1. The highest BCUT2D eigenvalue weighted by Gasteiger charge is 2.10. The third-order valence-electron chi connectivity index (χ3n) is 4.20. The van der Waals surface area contributed by atoms with Crippen LogP contribution in [0.5, 0.6) is 0 Å². The van der Waals surface area contributed by atoms with Crippen molar-refractivity contribution in [2.75, 3.05) is 0 Å². The predicted octanol–water partition coefficient (Wildman–Crippen LogP) is 3.72. The van der Waals surface area contributed by atoms with Gasteiger partial charge in [-0.2, -0.15) is 10.2 Å². The minimum atomic E-state index is -0.381. The van der Waals surface area contributed by atoms with Crippen LogP contribution in [0.25, 0.3) is 11.4 Å². The fraction of sp³-hybridized carbons (Fsp3) is 0.0952. The SMILES string of the molecule is Cc1ccnn1-c1ccc(C(=O)OCc2ccn(-c3ccccc3)n2)cc1. The van der Waals surface area contributed by atoms with Gasteiger partial charge in [0.25, 0.3) is 0 Å². The number of nitrogens with zero attached hydrogens (tertiary/aromatic N) is 4. The molecule has 0 atom stereocenters. The molecule has 0 unspecified atom stereocenters. The number of rotatable bonds is 5. The molecule has 0 saturated carbocycles. The number of esters is 1. The molecule has 0 N–H and O–H groups in total. The Labute approximate surface area is 156 Å². The van der Waals surface area contributed by atoms with E-state index in [9.17, 15) is 4.79 Å². The van der Waals surface area contributed by atoms with Crippen molar-refractivity contribution in [1.82, 2.24) is 19.6 Å². The van der Waals surface area contributed by atoms with Crippen LogP contribution in [0.15, 0.2) is 79.1 Å². The fourth-order valence-corrected chi connectivity index (χ4v) is 2.76. The summed E-state index contributed by atoms with van der Waals surface area (Å²) in [6, 6.07) is 20.7. The van der Waals surface area contributed by atoms with Gasteiger partial charge in [-0.1, -0.05) is 18.2 Å². The van der Waals surface area contributed by atoms with Gasteiger partial charge in [-0.05, 0) is 55.5 Å². The first kappa shape index (κ1) is 16.8. The van der Waals surface area contributed by atoms with Gasteiger partial charge in [0.15, 0.2) is 0 Å². The molecule has 2 heterocycles. The first-order valence-corrected chi connectivity index (χ1v) is 8.59. The summed E-state index contributed by atoms with van der Waals surface area (Å²) in [7, 11) is 0. The van der Waals surface area contributed by atoms with Crippen molar-refractivity contribution in [3.05, 3.63) is 96.1 Å². The zero-order valence-electron chi connectivity index (χ0n) is 14.8. The van der Waals surface area contributed by atoms with Crippen LogP contribution in [0.1, 0.15) is 21.7 Å². The molecule has 2 aromatic carbocycles. The van der Waals surface area contributed by atoms with E-state index < -0.39 is 0 Å². The van der Waals surface area contributed by atoms with Crippen molar-refractivity contribution in [2.24, 2.45) is 0 Å². The van der Waals surface area contributed by atoms with Crippen molar-refractivity contribution in [3.8, 4) is 11.4 Å². The van der Waals surface area contributed by atoms with E-state index in [1.54, 1.807) is 23.0 Å². The van der Waals surface area contributed by atoms with E-state index in [1.165, 1.54) is 0 Å². The number of benzene rings is 2. The third-order valence-corrected chi connectivity index (χ3v) is 4.20. The van der Waals surface area contributed by atoms with Crippen molar-refractivity contribution >= 4 is 5.97 Å². The lowest BCUT2D eigenvalue weighted by Gasteiger charge is -2.06. The second kappa shape index (κ2) is 7.29. The van der Waals surface area contributed by atoms with E-state index in [1.807, 2.05) is 72.4 Å². The highest BCUT2D eigenvalue weighted by molar-refractivity contribution is 5.89. The molecule has 6 heteroatoms. The van der Waals surface area contributed by atoms with Gasteiger partial charge >= 0.3 is 5.97 Å². The van der Waals surface area contributed by atoms with Crippen LogP contribution in [0.3, 0.4) is 0 Å². The van der Waals surface area contributed by atoms with E-state index in [-0.39, 0.29) is 12.6 Å². The van der Waals surface area contributed by atoms with Gasteiger partial charge in [-0.25, -0.2) is 14.2 Å². The summed E-state index contributed by atoms with van der Waals surface area (Å²) in [4.78, 5) is 12.3. The first-order valence-electron chi connectivity index (χ1n) is 8.59. The van der Waals surface area contributed by atoms with E-state index >= 15 is 0 Å². The van der Waals surface area contributed by atoms with Gasteiger partial charge in [0, 0.05) is 18.1 Å². The van der Waals surface area contributed by atoms with E-state index in [2.05, 4.69) is 10.2 Å². The Hall–Kier alpha value is -3.67. The number of hydrogen-bond donors (Lipinski definition) is 0. The standard InChI is InChI=1S/C21H18N4O2/c1-16-11-13-22-25(16)20-9-7-17(8-10-20)21(26)27-15-18-12-14-24(23-18)19-5-3-2-4-6-19/h2-14H,15H2,1H3. The molecule has 4 aromatic rings. The van der Waals surface area contributed by atoms with Crippen LogP contribution in [-0.4, -0.2) is 25.5 Å². The Morgan fingerprint density at radius 3 is 2.44 bits per heavy atom. The number of para-hydroxylation sites is 1. The van der Waals surface area contributed by atoms with Gasteiger partial charge in [-0.3, -0.25) is 0 Å². The van der Waals surface area contributed by atoms with Crippen LogP contribution < -0.4 is 0 Å². The van der Waals surface area contributed by atoms with Crippen LogP contribution in [0.2, 0.25) is 0 Å². The molecule has 0 amide bonds. The van der Waals surface area contributed by atoms with Crippen LogP contribution in [0.4, 0.5) is 0 Å². The molecule has 0 aliphatic carbocycles. The minimum Gasteiger partial charge on any atom is -0.456 e. The number of ether oxygens (including phenoxy) is 1. The Bertz CT molecular complexity index is 1050. The molecule has 0 spiro atoms. The monoisotopic (exact) mass is 358 g/mol. The topological polar surface area (TPSA) is 61.9 Å². The van der Waals surface area contributed by atoms with Crippen LogP contribution in [0, 0.1) is 6.92 Å². The average molecular weight is 358 g/mol. The lowest BCUT2D eigenvalue weighted by Crippen LogP contribution is -2.07. The molecule has 6 nitrogen and oxygen atoms in total. The van der Waals surface area contributed by atoms with Crippen molar-refractivity contribution < 1.29 is 9.53 Å². The molecule has 0 saturated heterocycles. The van der Waals surface area contributed by atoms with Gasteiger partial charge < -0.3 is 4.74 Å². The number of aryl methyl sites for hydroxylation is 1. The summed E-state index contributed by atoms with van der Waals surface area (Å²) in [6.45, 7) is 2.10. The largest absolute Gasteiger partial charge is 0.456 e. The molecule has 0 bridgehead atoms. The van der Waals surface area contributed by atoms with Gasteiger partial charge in [0.1, 0.15) is 12.3 Å². The fourth-order valence-electron chi connectivity index (χ4n) is 2.76. The van der Waals surface area contributed by atoms with Crippen molar-refractivity contribution in [3.63, 3.8) is 0 Å². The maximum atomic E-state index is 12.3. The number of aromatic nitrogens is 4. The highest BCUT2D eigenvalue weighted by atomic mass is 16.5. The van der Waals surface area contributed by atoms with E-state index in [0.29, 0.717) is 11.3 Å². The molecule has 0 aliphatic rings. The summed E-state index contributed by atoms with van der Waals surface area (Å²) in [6.07, 6.45) is 3.59. The maximum Gasteiger partial charge on any atom is 0.338 e. The second-order valence-corrected chi connectivity index (χ2v) is 6.09. The third kappa shape index (κ3) is 3.64. The van der Waals surface area contributed by atoms with Crippen molar-refractivity contribution in [2.45, 2.75) is 13.5 Å². The number of hydrogen-bond acceptors (Lipinski definition) is 4. The molecule has 0 radical (unpaired) electrons. The van der Waals surface area contributed by atoms with Crippen LogP contribution >= 0.6 is 0 Å². The molecule has 27 heavy (non-hydrogen) atoms. The summed E-state index contributed by atoms with van der Waals surface area (Å²) in [5.41, 5.74) is 4.07. The molecule has 2 aromatic heterocycles. The Morgan fingerprint density at radius 1 is 0.963 bits per heavy atom. The van der Waals surface area contributed by atoms with Gasteiger partial charge in [-0.15, -0.1) is 0 Å². The summed E-state index contributed by atoms with van der Waals surface area (Å²) in [5.74, 6) is -0.381. The lowest BCUT2D eigenvalue weighted by atomic mass is 10.2. The smallest absolute Gasteiger partial charge is 0.338 e. The zero-order chi connectivity index (χ0) is 18.6. The molecular formula is C21H18N4O2. The maximum absolute atomic E-state index is 12.3. The average Bonchev–Trinajstić information content (AvgIpc) is 3.36. The quantitative estimate of drug-likeness (QED) is 0.510. The highest BCUT2D eigenvalue weighted by Crippen LogP contribution is 2.13. The molecular weight excluding hydrogens is 340 g/mol. The Morgan fingerprint density at radius 2 is 1.74 bits per heavy atom. The Kier molecular flexibility index (Phi) is 4.53. The van der Waals surface area contributed by atoms with Crippen molar-refractivity contribution in [1.29, 1.82) is 0 Å².